The zero-order chi connectivity index (χ0) is 13.2. The third-order valence-corrected chi connectivity index (χ3v) is 4.58. The van der Waals surface area contributed by atoms with Crippen molar-refractivity contribution in [3.63, 3.8) is 0 Å². The molecule has 2 aliphatic rings. The maximum Gasteiger partial charge on any atom is 0.242 e. The first-order valence-electron chi connectivity index (χ1n) is 7.37. The topological polar surface area (TPSA) is 49.6 Å². The fraction of sp³-hybridized carbons (Fsp3) is 0.929. The highest BCUT2D eigenvalue weighted by molar-refractivity contribution is 5.85. The van der Waals surface area contributed by atoms with Gasteiger partial charge in [0.1, 0.15) is 0 Å². The number of likely N-dealkylation sites (tertiary alicyclic amines) is 2. The van der Waals surface area contributed by atoms with Crippen LogP contribution in [0.25, 0.3) is 0 Å². The number of hydrogen-bond acceptors (Lipinski definition) is 3. The summed E-state index contributed by atoms with van der Waals surface area (Å²) in [5.74, 6) is 0.129. The Kier molecular flexibility index (Phi) is 4.28. The second-order valence-electron chi connectivity index (χ2n) is 6.06. The van der Waals surface area contributed by atoms with E-state index in [0.29, 0.717) is 12.5 Å². The molecule has 0 saturated carbocycles. The van der Waals surface area contributed by atoms with Gasteiger partial charge >= 0.3 is 0 Å². The number of rotatable bonds is 3. The van der Waals surface area contributed by atoms with Gasteiger partial charge in [-0.2, -0.15) is 0 Å². The SMILES string of the molecule is CCC(C)(N)C(=O)N1CCC(N2CCCCC2)C1. The predicted molar refractivity (Wildman–Crippen MR) is 73.3 cm³/mol. The molecule has 0 bridgehead atoms. The molecule has 2 fully saturated rings. The Morgan fingerprint density at radius 3 is 2.56 bits per heavy atom. The van der Waals surface area contributed by atoms with E-state index in [1.54, 1.807) is 0 Å². The molecule has 4 heteroatoms. The lowest BCUT2D eigenvalue weighted by Crippen LogP contribution is -2.53. The molecular formula is C14H27N3O. The minimum atomic E-state index is -0.684. The summed E-state index contributed by atoms with van der Waals surface area (Å²) < 4.78 is 0. The zero-order valence-electron chi connectivity index (χ0n) is 11.8. The van der Waals surface area contributed by atoms with Gasteiger partial charge in [0.05, 0.1) is 5.54 Å². The quantitative estimate of drug-likeness (QED) is 0.822. The molecule has 2 heterocycles. The highest BCUT2D eigenvalue weighted by atomic mass is 16.2. The standard InChI is InChI=1S/C14H27N3O/c1-3-14(2,15)13(18)17-10-7-12(11-17)16-8-5-4-6-9-16/h12H,3-11,15H2,1-2H3. The van der Waals surface area contributed by atoms with Crippen LogP contribution in [-0.4, -0.2) is 53.5 Å². The predicted octanol–water partition coefficient (Wildman–Crippen LogP) is 1.20. The lowest BCUT2D eigenvalue weighted by Gasteiger charge is -2.33. The Morgan fingerprint density at radius 1 is 1.28 bits per heavy atom. The monoisotopic (exact) mass is 253 g/mol. The van der Waals surface area contributed by atoms with Crippen molar-refractivity contribution in [2.45, 2.75) is 57.5 Å². The van der Waals surface area contributed by atoms with Gasteiger partial charge < -0.3 is 10.6 Å². The molecule has 0 aromatic heterocycles. The van der Waals surface area contributed by atoms with Crippen LogP contribution in [0.2, 0.25) is 0 Å². The van der Waals surface area contributed by atoms with Gasteiger partial charge in [0.2, 0.25) is 5.91 Å². The molecule has 4 nitrogen and oxygen atoms in total. The van der Waals surface area contributed by atoms with Crippen LogP contribution < -0.4 is 5.73 Å². The molecule has 2 aliphatic heterocycles. The average molecular weight is 253 g/mol. The van der Waals surface area contributed by atoms with Crippen molar-refractivity contribution in [3.05, 3.63) is 0 Å². The van der Waals surface area contributed by atoms with Crippen molar-refractivity contribution in [1.82, 2.24) is 9.80 Å². The van der Waals surface area contributed by atoms with Crippen LogP contribution >= 0.6 is 0 Å². The van der Waals surface area contributed by atoms with Gasteiger partial charge in [-0.3, -0.25) is 9.69 Å². The molecule has 2 rings (SSSR count). The molecule has 2 saturated heterocycles. The summed E-state index contributed by atoms with van der Waals surface area (Å²) in [6, 6.07) is 0.571. The summed E-state index contributed by atoms with van der Waals surface area (Å²) in [6.07, 6.45) is 5.81. The summed E-state index contributed by atoms with van der Waals surface area (Å²) in [5, 5.41) is 0. The van der Waals surface area contributed by atoms with E-state index in [1.165, 1.54) is 32.4 Å². The Balaban J connectivity index is 1.89. The second-order valence-corrected chi connectivity index (χ2v) is 6.06. The van der Waals surface area contributed by atoms with Gasteiger partial charge in [-0.1, -0.05) is 13.3 Å². The lowest BCUT2D eigenvalue weighted by atomic mass is 9.99. The van der Waals surface area contributed by atoms with Gasteiger partial charge in [-0.15, -0.1) is 0 Å². The third-order valence-electron chi connectivity index (χ3n) is 4.58. The minimum absolute atomic E-state index is 0.129. The summed E-state index contributed by atoms with van der Waals surface area (Å²) in [5.41, 5.74) is 5.37. The minimum Gasteiger partial charge on any atom is -0.339 e. The lowest BCUT2D eigenvalue weighted by molar-refractivity contribution is -0.135. The van der Waals surface area contributed by atoms with Crippen LogP contribution in [0, 0.1) is 0 Å². The fourth-order valence-electron chi connectivity index (χ4n) is 3.02. The van der Waals surface area contributed by atoms with Crippen molar-refractivity contribution in [1.29, 1.82) is 0 Å². The van der Waals surface area contributed by atoms with Gasteiger partial charge in [0.15, 0.2) is 0 Å². The molecular weight excluding hydrogens is 226 g/mol. The van der Waals surface area contributed by atoms with Crippen LogP contribution in [0.3, 0.4) is 0 Å². The van der Waals surface area contributed by atoms with Gasteiger partial charge in [-0.25, -0.2) is 0 Å². The number of hydrogen-bond donors (Lipinski definition) is 1. The number of piperidine rings is 1. The molecule has 1 amide bonds. The first kappa shape index (κ1) is 13.8. The van der Waals surface area contributed by atoms with Crippen molar-refractivity contribution in [2.24, 2.45) is 5.73 Å². The third kappa shape index (κ3) is 2.86. The number of nitrogens with two attached hydrogens (primary N) is 1. The van der Waals surface area contributed by atoms with Crippen LogP contribution in [0.5, 0.6) is 0 Å². The molecule has 2 N–H and O–H groups in total. The van der Waals surface area contributed by atoms with E-state index in [4.69, 9.17) is 5.73 Å². The van der Waals surface area contributed by atoms with Crippen molar-refractivity contribution in [3.8, 4) is 0 Å². The van der Waals surface area contributed by atoms with Crippen LogP contribution in [-0.2, 0) is 4.79 Å². The van der Waals surface area contributed by atoms with Crippen LogP contribution in [0.15, 0.2) is 0 Å². The molecule has 0 radical (unpaired) electrons. The Bertz CT molecular complexity index is 297. The highest BCUT2D eigenvalue weighted by Gasteiger charge is 2.36. The first-order valence-corrected chi connectivity index (χ1v) is 7.37. The molecule has 2 unspecified atom stereocenters. The van der Waals surface area contributed by atoms with E-state index in [2.05, 4.69) is 4.90 Å². The molecule has 0 aromatic carbocycles. The van der Waals surface area contributed by atoms with Gasteiger partial charge in [-0.05, 0) is 45.7 Å². The summed E-state index contributed by atoms with van der Waals surface area (Å²) >= 11 is 0. The van der Waals surface area contributed by atoms with Crippen molar-refractivity contribution in [2.75, 3.05) is 26.2 Å². The molecule has 18 heavy (non-hydrogen) atoms. The van der Waals surface area contributed by atoms with E-state index in [-0.39, 0.29) is 5.91 Å². The van der Waals surface area contributed by atoms with Crippen molar-refractivity contribution >= 4 is 5.91 Å². The maximum absolute atomic E-state index is 12.3. The van der Waals surface area contributed by atoms with Gasteiger partial charge in [0.25, 0.3) is 0 Å². The maximum atomic E-state index is 12.3. The van der Waals surface area contributed by atoms with Crippen LogP contribution in [0.1, 0.15) is 46.0 Å². The second kappa shape index (κ2) is 5.57. The summed E-state index contributed by atoms with van der Waals surface area (Å²) in [4.78, 5) is 16.8. The number of amides is 1. The van der Waals surface area contributed by atoms with Gasteiger partial charge in [0, 0.05) is 19.1 Å². The number of nitrogens with zero attached hydrogens (tertiary/aromatic N) is 2. The highest BCUT2D eigenvalue weighted by Crippen LogP contribution is 2.22. The summed E-state index contributed by atoms with van der Waals surface area (Å²) in [6.45, 7) is 8.01. The number of carbonyl (C=O) groups is 1. The molecule has 0 spiro atoms. The Labute approximate surface area is 110 Å². The summed E-state index contributed by atoms with van der Waals surface area (Å²) in [7, 11) is 0. The average Bonchev–Trinajstić information content (AvgIpc) is 2.88. The molecule has 0 aromatic rings. The van der Waals surface area contributed by atoms with E-state index in [9.17, 15) is 4.79 Å². The van der Waals surface area contributed by atoms with E-state index in [1.807, 2.05) is 18.7 Å². The van der Waals surface area contributed by atoms with Crippen molar-refractivity contribution < 1.29 is 4.79 Å². The molecule has 104 valence electrons. The van der Waals surface area contributed by atoms with E-state index < -0.39 is 5.54 Å². The molecule has 2 atom stereocenters. The largest absolute Gasteiger partial charge is 0.339 e. The smallest absolute Gasteiger partial charge is 0.242 e. The normalized spacial score (nSPS) is 29.3. The number of carbonyl (C=O) groups excluding carboxylic acids is 1. The fourth-order valence-corrected chi connectivity index (χ4v) is 3.02. The van der Waals surface area contributed by atoms with E-state index >= 15 is 0 Å². The molecule has 0 aliphatic carbocycles. The van der Waals surface area contributed by atoms with E-state index in [0.717, 1.165) is 19.5 Å². The van der Waals surface area contributed by atoms with Crippen LogP contribution in [0.4, 0.5) is 0 Å². The first-order chi connectivity index (χ1) is 8.54. The Morgan fingerprint density at radius 2 is 1.94 bits per heavy atom. The zero-order valence-corrected chi connectivity index (χ0v) is 11.8. The Hall–Kier alpha value is -0.610.